The standard InChI is InChI=1S/C12H24O4/c1-5-6-7-8-11(13)14-9-10-15-16-12(2,3)4/h5-10H2,1-4H3. The number of unbranched alkanes of at least 4 members (excludes halogenated alkanes) is 2. The summed E-state index contributed by atoms with van der Waals surface area (Å²) in [5.74, 6) is -0.159. The molecular formula is C12H24O4. The number of esters is 1. The molecule has 0 spiro atoms. The molecule has 0 aromatic carbocycles. The van der Waals surface area contributed by atoms with E-state index < -0.39 is 0 Å². The zero-order chi connectivity index (χ0) is 12.4. The van der Waals surface area contributed by atoms with Gasteiger partial charge >= 0.3 is 5.97 Å². The van der Waals surface area contributed by atoms with E-state index >= 15 is 0 Å². The molecule has 0 aliphatic heterocycles. The summed E-state index contributed by atoms with van der Waals surface area (Å²) in [4.78, 5) is 21.1. The summed E-state index contributed by atoms with van der Waals surface area (Å²) in [7, 11) is 0. The highest BCUT2D eigenvalue weighted by atomic mass is 17.2. The van der Waals surface area contributed by atoms with E-state index in [0.29, 0.717) is 6.42 Å². The largest absolute Gasteiger partial charge is 0.463 e. The van der Waals surface area contributed by atoms with Gasteiger partial charge < -0.3 is 4.74 Å². The molecule has 0 rings (SSSR count). The van der Waals surface area contributed by atoms with Gasteiger partial charge in [-0.05, 0) is 27.2 Å². The van der Waals surface area contributed by atoms with Crippen LogP contribution in [0.25, 0.3) is 0 Å². The van der Waals surface area contributed by atoms with Crippen LogP contribution in [0.5, 0.6) is 0 Å². The van der Waals surface area contributed by atoms with Crippen LogP contribution in [0.2, 0.25) is 0 Å². The lowest BCUT2D eigenvalue weighted by molar-refractivity contribution is -0.350. The summed E-state index contributed by atoms with van der Waals surface area (Å²) in [6, 6.07) is 0. The molecule has 0 aromatic rings. The zero-order valence-corrected chi connectivity index (χ0v) is 10.9. The minimum absolute atomic E-state index is 0.159. The van der Waals surface area contributed by atoms with E-state index in [1.807, 2.05) is 20.8 Å². The smallest absolute Gasteiger partial charge is 0.305 e. The minimum atomic E-state index is -0.328. The van der Waals surface area contributed by atoms with E-state index in [1.165, 1.54) is 0 Å². The summed E-state index contributed by atoms with van der Waals surface area (Å²) < 4.78 is 4.96. The molecular weight excluding hydrogens is 208 g/mol. The SMILES string of the molecule is CCCCCC(=O)OCCOOC(C)(C)C. The topological polar surface area (TPSA) is 44.8 Å². The van der Waals surface area contributed by atoms with E-state index in [-0.39, 0.29) is 24.8 Å². The predicted octanol–water partition coefficient (Wildman–Crippen LogP) is 2.86. The van der Waals surface area contributed by atoms with Crippen LogP contribution in [0.4, 0.5) is 0 Å². The first-order valence-electron chi connectivity index (χ1n) is 5.92. The third-order valence-electron chi connectivity index (χ3n) is 1.72. The first-order valence-corrected chi connectivity index (χ1v) is 5.92. The van der Waals surface area contributed by atoms with Gasteiger partial charge in [-0.2, -0.15) is 0 Å². The average molecular weight is 232 g/mol. The van der Waals surface area contributed by atoms with Crippen LogP contribution < -0.4 is 0 Å². The average Bonchev–Trinajstić information content (AvgIpc) is 2.16. The van der Waals surface area contributed by atoms with Crippen molar-refractivity contribution in [2.24, 2.45) is 0 Å². The molecule has 0 amide bonds. The Morgan fingerprint density at radius 3 is 2.38 bits per heavy atom. The molecule has 0 atom stereocenters. The van der Waals surface area contributed by atoms with E-state index in [2.05, 4.69) is 6.92 Å². The van der Waals surface area contributed by atoms with Gasteiger partial charge in [-0.25, -0.2) is 9.78 Å². The Labute approximate surface area is 98.2 Å². The van der Waals surface area contributed by atoms with Gasteiger partial charge in [0.1, 0.15) is 13.2 Å². The second kappa shape index (κ2) is 8.53. The Bertz CT molecular complexity index is 184. The van der Waals surface area contributed by atoms with Gasteiger partial charge in [0.15, 0.2) is 0 Å². The summed E-state index contributed by atoms with van der Waals surface area (Å²) in [6.45, 7) is 8.30. The van der Waals surface area contributed by atoms with Crippen molar-refractivity contribution >= 4 is 5.97 Å². The van der Waals surface area contributed by atoms with Gasteiger partial charge in [-0.3, -0.25) is 4.79 Å². The Kier molecular flexibility index (Phi) is 8.21. The van der Waals surface area contributed by atoms with E-state index in [0.717, 1.165) is 19.3 Å². The van der Waals surface area contributed by atoms with Crippen LogP contribution >= 0.6 is 0 Å². The number of hydrogen-bond acceptors (Lipinski definition) is 4. The molecule has 0 aliphatic rings. The summed E-state index contributed by atoms with van der Waals surface area (Å²) in [6.07, 6.45) is 3.57. The van der Waals surface area contributed by atoms with Crippen LogP contribution in [0.1, 0.15) is 53.4 Å². The molecule has 0 N–H and O–H groups in total. The van der Waals surface area contributed by atoms with Crippen LogP contribution in [-0.2, 0) is 19.3 Å². The second-order valence-electron chi connectivity index (χ2n) is 4.70. The van der Waals surface area contributed by atoms with Gasteiger partial charge in [0.25, 0.3) is 0 Å². The molecule has 0 bridgehead atoms. The molecule has 0 aliphatic carbocycles. The quantitative estimate of drug-likeness (QED) is 0.279. The third kappa shape index (κ3) is 11.5. The highest BCUT2D eigenvalue weighted by molar-refractivity contribution is 5.69. The molecule has 16 heavy (non-hydrogen) atoms. The fourth-order valence-corrected chi connectivity index (χ4v) is 0.999. The molecule has 0 heterocycles. The molecule has 0 saturated heterocycles. The highest BCUT2D eigenvalue weighted by Gasteiger charge is 2.11. The number of ether oxygens (including phenoxy) is 1. The van der Waals surface area contributed by atoms with Crippen molar-refractivity contribution in [3.05, 3.63) is 0 Å². The van der Waals surface area contributed by atoms with Crippen molar-refractivity contribution < 1.29 is 19.3 Å². The van der Waals surface area contributed by atoms with E-state index in [4.69, 9.17) is 14.5 Å². The van der Waals surface area contributed by atoms with Crippen molar-refractivity contribution in [2.75, 3.05) is 13.2 Å². The normalized spacial score (nSPS) is 11.5. The van der Waals surface area contributed by atoms with Gasteiger partial charge in [0.05, 0.1) is 5.60 Å². The fraction of sp³-hybridized carbons (Fsp3) is 0.917. The fourth-order valence-electron chi connectivity index (χ4n) is 0.999. The lowest BCUT2D eigenvalue weighted by atomic mass is 10.2. The minimum Gasteiger partial charge on any atom is -0.463 e. The van der Waals surface area contributed by atoms with Crippen molar-refractivity contribution in [1.29, 1.82) is 0 Å². The van der Waals surface area contributed by atoms with Crippen molar-refractivity contribution in [3.63, 3.8) is 0 Å². The van der Waals surface area contributed by atoms with Gasteiger partial charge in [-0.15, -0.1) is 0 Å². The molecule has 4 nitrogen and oxygen atoms in total. The Morgan fingerprint density at radius 1 is 1.12 bits per heavy atom. The molecule has 0 fully saturated rings. The van der Waals surface area contributed by atoms with E-state index in [9.17, 15) is 4.79 Å². The molecule has 4 heteroatoms. The molecule has 96 valence electrons. The maximum atomic E-state index is 11.2. The second-order valence-corrected chi connectivity index (χ2v) is 4.70. The number of carbonyl (C=O) groups excluding carboxylic acids is 1. The lowest BCUT2D eigenvalue weighted by Crippen LogP contribution is -2.21. The van der Waals surface area contributed by atoms with Gasteiger partial charge in [0.2, 0.25) is 0 Å². The Morgan fingerprint density at radius 2 is 1.81 bits per heavy atom. The predicted molar refractivity (Wildman–Crippen MR) is 61.9 cm³/mol. The third-order valence-corrected chi connectivity index (χ3v) is 1.72. The number of rotatable bonds is 8. The van der Waals surface area contributed by atoms with Crippen LogP contribution in [0, 0.1) is 0 Å². The zero-order valence-electron chi connectivity index (χ0n) is 10.9. The maximum Gasteiger partial charge on any atom is 0.305 e. The summed E-state index contributed by atoms with van der Waals surface area (Å²) in [5, 5.41) is 0. The van der Waals surface area contributed by atoms with Crippen molar-refractivity contribution in [3.8, 4) is 0 Å². The number of hydrogen-bond donors (Lipinski definition) is 0. The van der Waals surface area contributed by atoms with Crippen molar-refractivity contribution in [2.45, 2.75) is 59.0 Å². The van der Waals surface area contributed by atoms with Gasteiger partial charge in [0, 0.05) is 6.42 Å². The lowest BCUT2D eigenvalue weighted by Gasteiger charge is -2.17. The Hall–Kier alpha value is -0.610. The molecule has 0 aromatic heterocycles. The molecule has 0 unspecified atom stereocenters. The van der Waals surface area contributed by atoms with Crippen molar-refractivity contribution in [1.82, 2.24) is 0 Å². The molecule has 0 radical (unpaired) electrons. The highest BCUT2D eigenvalue weighted by Crippen LogP contribution is 2.06. The monoisotopic (exact) mass is 232 g/mol. The first kappa shape index (κ1) is 15.4. The van der Waals surface area contributed by atoms with Crippen LogP contribution in [-0.4, -0.2) is 24.8 Å². The number of carbonyl (C=O) groups is 1. The van der Waals surface area contributed by atoms with Gasteiger partial charge in [-0.1, -0.05) is 19.8 Å². The summed E-state index contributed by atoms with van der Waals surface area (Å²) >= 11 is 0. The molecule has 0 saturated carbocycles. The Balaban J connectivity index is 3.28. The van der Waals surface area contributed by atoms with Crippen LogP contribution in [0.15, 0.2) is 0 Å². The van der Waals surface area contributed by atoms with Crippen LogP contribution in [0.3, 0.4) is 0 Å². The maximum absolute atomic E-state index is 11.2. The van der Waals surface area contributed by atoms with E-state index in [1.54, 1.807) is 0 Å². The summed E-state index contributed by atoms with van der Waals surface area (Å²) in [5.41, 5.74) is -0.328. The first-order chi connectivity index (χ1) is 7.45.